The van der Waals surface area contributed by atoms with Gasteiger partial charge in [-0.05, 0) is 24.6 Å². The van der Waals surface area contributed by atoms with Gasteiger partial charge >= 0.3 is 0 Å². The molecule has 0 unspecified atom stereocenters. The summed E-state index contributed by atoms with van der Waals surface area (Å²) in [5, 5.41) is 0. The highest BCUT2D eigenvalue weighted by atomic mass is 19.1. The molecular weight excluding hydrogens is 249 g/mol. The van der Waals surface area contributed by atoms with Crippen LogP contribution in [0.3, 0.4) is 0 Å². The Morgan fingerprint density at radius 1 is 1.42 bits per heavy atom. The predicted octanol–water partition coefficient (Wildman–Crippen LogP) is 0.651. The van der Waals surface area contributed by atoms with Crippen LogP contribution in [0.4, 0.5) is 4.39 Å². The van der Waals surface area contributed by atoms with Crippen molar-refractivity contribution in [1.29, 1.82) is 0 Å². The van der Waals surface area contributed by atoms with E-state index in [2.05, 4.69) is 4.90 Å². The van der Waals surface area contributed by atoms with Crippen molar-refractivity contribution in [1.82, 2.24) is 10.3 Å². The fraction of sp³-hybridized carbons (Fsp3) is 0.462. The Hall–Kier alpha value is -1.50. The Morgan fingerprint density at radius 3 is 3.05 bits per heavy atom. The average molecular weight is 267 g/mol. The molecule has 1 fully saturated rings. The molecular formula is C13H18FN3O2. The van der Waals surface area contributed by atoms with Gasteiger partial charge in [0.25, 0.3) is 5.91 Å². The summed E-state index contributed by atoms with van der Waals surface area (Å²) >= 11 is 0. The Balaban J connectivity index is 2.11. The Kier molecular flexibility index (Phi) is 4.84. The molecule has 3 N–H and O–H groups in total. The van der Waals surface area contributed by atoms with Gasteiger partial charge in [0, 0.05) is 37.4 Å². The third-order valence-corrected chi connectivity index (χ3v) is 3.15. The van der Waals surface area contributed by atoms with Crippen molar-refractivity contribution in [2.24, 2.45) is 5.84 Å². The number of benzene rings is 1. The molecule has 0 radical (unpaired) electrons. The maximum absolute atomic E-state index is 13.8. The van der Waals surface area contributed by atoms with Gasteiger partial charge in [-0.1, -0.05) is 0 Å². The van der Waals surface area contributed by atoms with E-state index in [4.69, 9.17) is 10.6 Å². The summed E-state index contributed by atoms with van der Waals surface area (Å²) in [6.45, 7) is 3.51. The molecule has 2 rings (SSSR count). The van der Waals surface area contributed by atoms with Gasteiger partial charge in [-0.2, -0.15) is 0 Å². The number of nitrogens with zero attached hydrogens (tertiary/aromatic N) is 1. The molecule has 104 valence electrons. The number of carbonyl (C=O) groups excluding carboxylic acids is 1. The molecule has 0 spiro atoms. The molecule has 19 heavy (non-hydrogen) atoms. The second kappa shape index (κ2) is 6.60. The highest BCUT2D eigenvalue weighted by Crippen LogP contribution is 2.14. The Bertz CT molecular complexity index is 446. The number of hydrazine groups is 1. The smallest absolute Gasteiger partial charge is 0.265 e. The van der Waals surface area contributed by atoms with Crippen LogP contribution in [0.1, 0.15) is 22.3 Å². The van der Waals surface area contributed by atoms with Gasteiger partial charge in [-0.15, -0.1) is 0 Å². The Labute approximate surface area is 111 Å². The van der Waals surface area contributed by atoms with Crippen LogP contribution in [0.5, 0.6) is 0 Å². The summed E-state index contributed by atoms with van der Waals surface area (Å²) in [5.41, 5.74) is 2.92. The fourth-order valence-electron chi connectivity index (χ4n) is 2.12. The highest BCUT2D eigenvalue weighted by Gasteiger charge is 2.14. The number of ether oxygens (including phenoxy) is 1. The van der Waals surface area contributed by atoms with Crippen molar-refractivity contribution in [3.8, 4) is 0 Å². The van der Waals surface area contributed by atoms with Crippen LogP contribution < -0.4 is 11.3 Å². The standard InChI is InChI=1S/C13H18FN3O2/c14-12-3-2-10(13(18)16-15)8-11(12)9-17-4-1-6-19-7-5-17/h2-3,8H,1,4-7,9,15H2,(H,16,18). The summed E-state index contributed by atoms with van der Waals surface area (Å²) in [4.78, 5) is 13.6. The first-order chi connectivity index (χ1) is 9.20. The van der Waals surface area contributed by atoms with Gasteiger partial charge in [0.15, 0.2) is 0 Å². The van der Waals surface area contributed by atoms with E-state index in [0.717, 1.165) is 26.1 Å². The molecule has 0 aliphatic carbocycles. The number of halogens is 1. The number of nitrogens with one attached hydrogen (secondary N) is 1. The van der Waals surface area contributed by atoms with Crippen molar-refractivity contribution in [3.63, 3.8) is 0 Å². The van der Waals surface area contributed by atoms with Crippen LogP contribution in [0.15, 0.2) is 18.2 Å². The number of nitrogen functional groups attached to an aromatic ring is 1. The molecule has 1 aliphatic rings. The molecule has 1 aromatic rings. The fourth-order valence-corrected chi connectivity index (χ4v) is 2.12. The number of nitrogens with two attached hydrogens (primary N) is 1. The van der Waals surface area contributed by atoms with E-state index < -0.39 is 5.91 Å². The maximum Gasteiger partial charge on any atom is 0.265 e. The lowest BCUT2D eigenvalue weighted by atomic mass is 10.1. The zero-order chi connectivity index (χ0) is 13.7. The average Bonchev–Trinajstić information content (AvgIpc) is 2.69. The van der Waals surface area contributed by atoms with Crippen LogP contribution in [0.25, 0.3) is 0 Å². The zero-order valence-electron chi connectivity index (χ0n) is 10.7. The molecule has 0 bridgehead atoms. The molecule has 0 saturated carbocycles. The first-order valence-electron chi connectivity index (χ1n) is 6.30. The number of hydrogen-bond donors (Lipinski definition) is 2. The maximum atomic E-state index is 13.8. The molecule has 1 aromatic carbocycles. The molecule has 1 saturated heterocycles. The summed E-state index contributed by atoms with van der Waals surface area (Å²) < 4.78 is 19.1. The largest absolute Gasteiger partial charge is 0.380 e. The second-order valence-electron chi connectivity index (χ2n) is 4.52. The van der Waals surface area contributed by atoms with E-state index in [9.17, 15) is 9.18 Å². The summed E-state index contributed by atoms with van der Waals surface area (Å²) in [5.74, 6) is 4.35. The van der Waals surface area contributed by atoms with E-state index in [1.165, 1.54) is 12.1 Å². The summed E-state index contributed by atoms with van der Waals surface area (Å²) in [6.07, 6.45) is 0.935. The van der Waals surface area contributed by atoms with E-state index in [0.29, 0.717) is 24.3 Å². The molecule has 0 atom stereocenters. The molecule has 1 heterocycles. The number of amides is 1. The minimum absolute atomic E-state index is 0.307. The van der Waals surface area contributed by atoms with Crippen molar-refractivity contribution < 1.29 is 13.9 Å². The lowest BCUT2D eigenvalue weighted by Crippen LogP contribution is -2.30. The third kappa shape index (κ3) is 3.73. The van der Waals surface area contributed by atoms with Gasteiger partial charge in [-0.25, -0.2) is 10.2 Å². The van der Waals surface area contributed by atoms with E-state index >= 15 is 0 Å². The summed E-state index contributed by atoms with van der Waals surface area (Å²) in [7, 11) is 0. The monoisotopic (exact) mass is 267 g/mol. The first-order valence-corrected chi connectivity index (χ1v) is 6.30. The molecule has 6 heteroatoms. The first kappa shape index (κ1) is 13.9. The van der Waals surface area contributed by atoms with Crippen molar-refractivity contribution in [3.05, 3.63) is 35.1 Å². The highest BCUT2D eigenvalue weighted by molar-refractivity contribution is 5.93. The minimum Gasteiger partial charge on any atom is -0.380 e. The topological polar surface area (TPSA) is 67.6 Å². The van der Waals surface area contributed by atoms with Crippen LogP contribution in [-0.4, -0.2) is 37.1 Å². The van der Waals surface area contributed by atoms with Crippen molar-refractivity contribution in [2.45, 2.75) is 13.0 Å². The second-order valence-corrected chi connectivity index (χ2v) is 4.52. The van der Waals surface area contributed by atoms with E-state index in [-0.39, 0.29) is 5.82 Å². The summed E-state index contributed by atoms with van der Waals surface area (Å²) in [6, 6.07) is 4.27. The number of rotatable bonds is 3. The third-order valence-electron chi connectivity index (χ3n) is 3.15. The number of hydrogen-bond acceptors (Lipinski definition) is 4. The van der Waals surface area contributed by atoms with Crippen LogP contribution in [-0.2, 0) is 11.3 Å². The molecule has 1 amide bonds. The zero-order valence-corrected chi connectivity index (χ0v) is 10.7. The van der Waals surface area contributed by atoms with Crippen LogP contribution >= 0.6 is 0 Å². The van der Waals surface area contributed by atoms with E-state index in [1.54, 1.807) is 6.07 Å². The lowest BCUT2D eigenvalue weighted by Gasteiger charge is -2.19. The van der Waals surface area contributed by atoms with Crippen LogP contribution in [0.2, 0.25) is 0 Å². The minimum atomic E-state index is -0.416. The molecule has 1 aliphatic heterocycles. The van der Waals surface area contributed by atoms with Gasteiger partial charge < -0.3 is 4.74 Å². The Morgan fingerprint density at radius 2 is 2.26 bits per heavy atom. The quantitative estimate of drug-likeness (QED) is 0.479. The van der Waals surface area contributed by atoms with Gasteiger partial charge in [0.2, 0.25) is 0 Å². The predicted molar refractivity (Wildman–Crippen MR) is 68.8 cm³/mol. The normalized spacial score (nSPS) is 16.9. The van der Waals surface area contributed by atoms with Gasteiger partial charge in [0.1, 0.15) is 5.82 Å². The molecule has 5 nitrogen and oxygen atoms in total. The SMILES string of the molecule is NNC(=O)c1ccc(F)c(CN2CCCOCC2)c1. The van der Waals surface area contributed by atoms with E-state index in [1.807, 2.05) is 5.43 Å². The van der Waals surface area contributed by atoms with Crippen molar-refractivity contribution in [2.75, 3.05) is 26.3 Å². The van der Waals surface area contributed by atoms with Gasteiger partial charge in [-0.3, -0.25) is 15.1 Å². The van der Waals surface area contributed by atoms with Gasteiger partial charge in [0.05, 0.1) is 6.61 Å². The number of carbonyl (C=O) groups is 1. The molecule has 0 aromatic heterocycles. The lowest BCUT2D eigenvalue weighted by molar-refractivity contribution is 0.0953. The van der Waals surface area contributed by atoms with Crippen molar-refractivity contribution >= 4 is 5.91 Å². The van der Waals surface area contributed by atoms with Crippen LogP contribution in [0, 0.1) is 5.82 Å².